The van der Waals surface area contributed by atoms with E-state index in [1.807, 2.05) is 6.07 Å². The van der Waals surface area contributed by atoms with Gasteiger partial charge in [-0.2, -0.15) is 11.8 Å². The minimum absolute atomic E-state index is 0.0322. The molecule has 2 aliphatic heterocycles. The molecule has 4 heterocycles. The number of aromatic nitrogens is 2. The average molecular weight is 673 g/mol. The number of thiazole rings is 1. The summed E-state index contributed by atoms with van der Waals surface area (Å²) >= 11 is 11.1. The number of carboxylic acids is 1. The van der Waals surface area contributed by atoms with Crippen molar-refractivity contribution in [1.29, 1.82) is 0 Å². The van der Waals surface area contributed by atoms with Gasteiger partial charge in [-0.15, -0.1) is 16.7 Å². The topological polar surface area (TPSA) is 223 Å². The molecule has 2 aromatic heterocycles. The van der Waals surface area contributed by atoms with E-state index in [2.05, 4.69) is 25.8 Å². The van der Waals surface area contributed by atoms with Crippen molar-refractivity contribution in [2.24, 2.45) is 10.9 Å². The van der Waals surface area contributed by atoms with E-state index in [0.29, 0.717) is 17.2 Å². The van der Waals surface area contributed by atoms with Gasteiger partial charge in [-0.3, -0.25) is 24.3 Å². The summed E-state index contributed by atoms with van der Waals surface area (Å²) in [7, 11) is 0. The van der Waals surface area contributed by atoms with E-state index in [1.54, 1.807) is 24.0 Å². The molecule has 3 amide bonds. The maximum atomic E-state index is 13.0. The maximum absolute atomic E-state index is 13.0. The van der Waals surface area contributed by atoms with E-state index in [0.717, 1.165) is 39.0 Å². The highest BCUT2D eigenvalue weighted by atomic mass is 35.5. The summed E-state index contributed by atoms with van der Waals surface area (Å²) in [4.78, 5) is 71.3. The van der Waals surface area contributed by atoms with Crippen molar-refractivity contribution in [2.45, 2.75) is 34.5 Å². The first-order chi connectivity index (χ1) is 20.1. The average Bonchev–Trinajstić information content (AvgIpc) is 3.30. The third kappa shape index (κ3) is 7.35. The first-order valence-corrected chi connectivity index (χ1v) is 16.5. The van der Waals surface area contributed by atoms with Crippen molar-refractivity contribution in [1.82, 2.24) is 25.5 Å². The summed E-state index contributed by atoms with van der Waals surface area (Å²) in [5.41, 5.74) is 11.4. The Labute approximate surface area is 261 Å². The second-order valence-corrected chi connectivity index (χ2v) is 13.7. The molecule has 7 N–H and O–H groups in total. The molecule has 1 fully saturated rings. The van der Waals surface area contributed by atoms with Crippen LogP contribution < -0.4 is 22.1 Å². The smallest absolute Gasteiger partial charge is 0.353 e. The van der Waals surface area contributed by atoms with Crippen molar-refractivity contribution >= 4 is 87.0 Å². The molecular formula is C23H25ClN8O6S4. The van der Waals surface area contributed by atoms with Gasteiger partial charge in [0.2, 0.25) is 11.9 Å². The van der Waals surface area contributed by atoms with E-state index in [9.17, 15) is 29.2 Å². The first kappa shape index (κ1) is 32.0. The number of carboxylic acid groups (broad SMARTS) is 1. The number of fused-ring (bicyclic) bond motifs is 1. The molecule has 1 unspecified atom stereocenters. The quantitative estimate of drug-likeness (QED) is 0.110. The molecule has 0 aromatic carbocycles. The molecule has 0 spiro atoms. The Hall–Kier alpha value is -2.90. The van der Waals surface area contributed by atoms with Crippen LogP contribution in [-0.2, 0) is 24.9 Å². The number of carbonyl (C=O) groups excluding carboxylic acids is 3. The summed E-state index contributed by atoms with van der Waals surface area (Å²) in [5.74, 6) is -1.27. The number of nitroso groups, excluding NO2 is 1. The normalized spacial score (nSPS) is 18.6. The summed E-state index contributed by atoms with van der Waals surface area (Å²) in [6.45, 7) is 0.504. The number of hydrogen-bond acceptors (Lipinski definition) is 14. The highest BCUT2D eigenvalue weighted by molar-refractivity contribution is 8.06. The van der Waals surface area contributed by atoms with Crippen molar-refractivity contribution in [3.05, 3.63) is 49.6 Å². The minimum Gasteiger partial charge on any atom is -0.477 e. The molecular weight excluding hydrogens is 648 g/mol. The molecule has 224 valence electrons. The molecule has 42 heavy (non-hydrogen) atoms. The lowest BCUT2D eigenvalue weighted by atomic mass is 10.0. The predicted octanol–water partition coefficient (Wildman–Crippen LogP) is 1.77. The van der Waals surface area contributed by atoms with Crippen LogP contribution in [0.3, 0.4) is 0 Å². The van der Waals surface area contributed by atoms with Gasteiger partial charge >= 0.3 is 5.97 Å². The van der Waals surface area contributed by atoms with Crippen molar-refractivity contribution in [3.8, 4) is 0 Å². The van der Waals surface area contributed by atoms with Crippen LogP contribution >= 0.6 is 58.2 Å². The molecule has 19 heteroatoms. The summed E-state index contributed by atoms with van der Waals surface area (Å²) in [6.07, 6.45) is 2.42. The van der Waals surface area contributed by atoms with Gasteiger partial charge in [-0.05, 0) is 29.5 Å². The lowest BCUT2D eigenvalue weighted by Crippen LogP contribution is -2.70. The lowest BCUT2D eigenvalue weighted by Gasteiger charge is -2.49. The summed E-state index contributed by atoms with van der Waals surface area (Å²) in [6, 6.07) is 0.948. The Kier molecular flexibility index (Phi) is 11.1. The number of hydrogen-bond donors (Lipinski definition) is 5. The van der Waals surface area contributed by atoms with Crippen LogP contribution in [0.4, 0.5) is 5.13 Å². The van der Waals surface area contributed by atoms with Crippen LogP contribution in [0.2, 0.25) is 4.34 Å². The van der Waals surface area contributed by atoms with E-state index < -0.39 is 35.2 Å². The third-order valence-corrected chi connectivity index (χ3v) is 10.7. The number of nitrogens with two attached hydrogens (primary N) is 2. The van der Waals surface area contributed by atoms with Crippen LogP contribution in [0.15, 0.2) is 39.0 Å². The fraction of sp³-hybridized carbons (Fsp3) is 0.391. The molecule has 3 atom stereocenters. The molecule has 2 aromatic rings. The van der Waals surface area contributed by atoms with Crippen LogP contribution in [0, 0.1) is 4.91 Å². The Morgan fingerprint density at radius 2 is 2.14 bits per heavy atom. The largest absolute Gasteiger partial charge is 0.477 e. The second-order valence-electron chi connectivity index (χ2n) is 8.74. The standard InChI is InChI=1S/C23H25ClN8O6S4/c24-18-14(30-23(26)42-18)15(31-38)19(34)29-16-20(35)32-17(22(36)37)12(9-40-21(16)32)41-11-2-4-27-10(6-11)8-39-5-1-3-28-13(33)7-25/h2,4,6,15-16,21H,1,3,5,7-9,25H2,(H2,26,30)(H,28,33)(H,29,34)(H,36,37)/t15?,16-,21+/m1/s1. The maximum Gasteiger partial charge on any atom is 0.353 e. The number of carbonyl (C=O) groups is 4. The van der Waals surface area contributed by atoms with Gasteiger partial charge in [0.25, 0.3) is 11.8 Å². The number of nitrogen functional groups attached to an aromatic ring is 1. The van der Waals surface area contributed by atoms with E-state index >= 15 is 0 Å². The highest BCUT2D eigenvalue weighted by Crippen LogP contribution is 2.45. The molecule has 0 bridgehead atoms. The number of rotatable bonds is 14. The van der Waals surface area contributed by atoms with Crippen molar-refractivity contribution < 1.29 is 24.3 Å². The van der Waals surface area contributed by atoms with Gasteiger partial charge < -0.3 is 27.2 Å². The SMILES string of the molecule is NCC(=O)NCCCSCc1cc(SC2=C(C(=O)O)N3C(=O)[C@@H](NC(=O)C(N=O)c4nc(N)sc4Cl)[C@@H]3SC2)ccn1. The van der Waals surface area contributed by atoms with Gasteiger partial charge in [-0.1, -0.05) is 34.7 Å². The number of nitrogens with one attached hydrogen (secondary N) is 2. The third-order valence-electron chi connectivity index (χ3n) is 5.92. The van der Waals surface area contributed by atoms with Gasteiger partial charge in [0, 0.05) is 34.0 Å². The van der Waals surface area contributed by atoms with Gasteiger partial charge in [0.1, 0.15) is 27.1 Å². The molecule has 4 rings (SSSR count). The molecule has 1 saturated heterocycles. The zero-order valence-corrected chi connectivity index (χ0v) is 25.7. The number of nitrogens with zero attached hydrogens (tertiary/aromatic N) is 4. The van der Waals surface area contributed by atoms with E-state index in [4.69, 9.17) is 23.1 Å². The number of amides is 3. The summed E-state index contributed by atoms with van der Waals surface area (Å²) < 4.78 is 0.0322. The van der Waals surface area contributed by atoms with Gasteiger partial charge in [0.05, 0.1) is 12.2 Å². The van der Waals surface area contributed by atoms with Crippen molar-refractivity contribution in [2.75, 3.05) is 30.3 Å². The molecule has 2 aliphatic rings. The molecule has 14 nitrogen and oxygen atoms in total. The molecule has 0 aliphatic carbocycles. The van der Waals surface area contributed by atoms with Crippen LogP contribution in [0.1, 0.15) is 23.9 Å². The van der Waals surface area contributed by atoms with Gasteiger partial charge in [0.15, 0.2) is 5.13 Å². The number of β-lactam (4-membered cyclic amide) rings is 1. The first-order valence-electron chi connectivity index (χ1n) is 12.3. The van der Waals surface area contributed by atoms with Crippen LogP contribution in [-0.4, -0.2) is 79.7 Å². The number of anilines is 1. The van der Waals surface area contributed by atoms with E-state index in [-0.39, 0.29) is 39.1 Å². The highest BCUT2D eigenvalue weighted by Gasteiger charge is 2.55. The lowest BCUT2D eigenvalue weighted by molar-refractivity contribution is -0.150. The number of thioether (sulfide) groups is 3. The summed E-state index contributed by atoms with van der Waals surface area (Å²) in [5, 5.41) is 17.4. The zero-order valence-electron chi connectivity index (χ0n) is 21.6. The Morgan fingerprint density at radius 1 is 1.36 bits per heavy atom. The molecule has 0 radical (unpaired) electrons. The Balaban J connectivity index is 1.38. The second kappa shape index (κ2) is 14.5. The minimum atomic E-state index is -1.61. The predicted molar refractivity (Wildman–Crippen MR) is 163 cm³/mol. The number of aliphatic carboxylic acids is 1. The van der Waals surface area contributed by atoms with Gasteiger partial charge in [-0.25, -0.2) is 9.78 Å². The van der Waals surface area contributed by atoms with E-state index in [1.165, 1.54) is 23.5 Å². The fourth-order valence-electron chi connectivity index (χ4n) is 4.01. The molecule has 0 saturated carbocycles. The zero-order chi connectivity index (χ0) is 30.4. The Bertz CT molecular complexity index is 1420. The van der Waals surface area contributed by atoms with Crippen LogP contribution in [0.5, 0.6) is 0 Å². The van der Waals surface area contributed by atoms with Crippen LogP contribution in [0.25, 0.3) is 0 Å². The Morgan fingerprint density at radius 3 is 2.81 bits per heavy atom. The monoisotopic (exact) mass is 672 g/mol. The fourth-order valence-corrected chi connectivity index (χ4v) is 8.37. The number of pyridine rings is 1. The van der Waals surface area contributed by atoms with Crippen molar-refractivity contribution in [3.63, 3.8) is 0 Å². The number of halogens is 1.